The lowest BCUT2D eigenvalue weighted by molar-refractivity contribution is -0.399. The van der Waals surface area contributed by atoms with Crippen molar-refractivity contribution in [1.29, 1.82) is 10.5 Å². The number of rotatable bonds is 11. The van der Waals surface area contributed by atoms with Gasteiger partial charge < -0.3 is 18.9 Å². The maximum Gasteiger partial charge on any atom is 0.272 e. The summed E-state index contributed by atoms with van der Waals surface area (Å²) in [4.78, 5) is 8.54. The first kappa shape index (κ1) is 45.1. The average molecular weight is 835 g/mol. The summed E-state index contributed by atoms with van der Waals surface area (Å²) in [5.41, 5.74) is 7.36. The summed E-state index contributed by atoms with van der Waals surface area (Å²) in [6, 6.07) is 27.9. The van der Waals surface area contributed by atoms with Crippen LogP contribution in [0.3, 0.4) is 0 Å². The summed E-state index contributed by atoms with van der Waals surface area (Å²) in [6.07, 6.45) is 11.6. The van der Waals surface area contributed by atoms with Crippen LogP contribution in [0.4, 0.5) is 11.4 Å². The number of nitrogens with zero attached hydrogens (tertiary/aromatic N) is 6. The Balaban J connectivity index is 0.000000235. The molecule has 0 spiro atoms. The van der Waals surface area contributed by atoms with Crippen LogP contribution in [0.15, 0.2) is 109 Å². The van der Waals surface area contributed by atoms with Crippen molar-refractivity contribution in [2.24, 2.45) is 0 Å². The molecule has 4 aromatic carbocycles. The van der Waals surface area contributed by atoms with E-state index in [0.29, 0.717) is 6.42 Å². The Hall–Kier alpha value is -7.00. The van der Waals surface area contributed by atoms with Crippen molar-refractivity contribution in [2.45, 2.75) is 51.9 Å². The van der Waals surface area contributed by atoms with Gasteiger partial charge in [-0.1, -0.05) is 87.5 Å². The summed E-state index contributed by atoms with van der Waals surface area (Å²) in [6.45, 7) is 24.6. The van der Waals surface area contributed by atoms with Crippen molar-refractivity contribution >= 4 is 49.7 Å². The van der Waals surface area contributed by atoms with Gasteiger partial charge in [0.25, 0.3) is 11.4 Å². The molecule has 2 aliphatic rings. The SMILES string of the molecule is CN1C(=CC=CC=CC2=[N+](C)c3c(ccc4ccccc34)C2(C)C)C(C)(C)c2ccccc21.[C-]#[N+]/C(C#N)=c1/cc(OCCOS(=O)(=O)[O-])/c(=C(\C#N)[N+]#[C-])cc1OCCC. The van der Waals surface area contributed by atoms with E-state index in [0.717, 1.165) is 0 Å². The zero-order valence-electron chi connectivity index (χ0n) is 35.2. The molecule has 0 unspecified atom stereocenters. The van der Waals surface area contributed by atoms with Gasteiger partial charge >= 0.3 is 0 Å². The summed E-state index contributed by atoms with van der Waals surface area (Å²) in [7, 11) is -0.548. The Morgan fingerprint density at radius 1 is 0.836 bits per heavy atom. The molecule has 0 aliphatic carbocycles. The van der Waals surface area contributed by atoms with Crippen LogP contribution in [0.5, 0.6) is 11.5 Å². The van der Waals surface area contributed by atoms with E-state index in [1.54, 1.807) is 12.1 Å². The van der Waals surface area contributed by atoms with E-state index in [4.69, 9.17) is 22.6 Å². The number of hydrogen-bond acceptors (Lipinski definition) is 9. The third-order valence-corrected chi connectivity index (χ3v) is 11.1. The zero-order chi connectivity index (χ0) is 44.5. The molecule has 0 saturated carbocycles. The molecule has 0 saturated heterocycles. The van der Waals surface area contributed by atoms with E-state index in [1.807, 2.05) is 6.92 Å². The summed E-state index contributed by atoms with van der Waals surface area (Å²) >= 11 is 0. The highest BCUT2D eigenvalue weighted by atomic mass is 32.3. The second-order valence-electron chi connectivity index (χ2n) is 15.2. The Morgan fingerprint density at radius 3 is 2.03 bits per heavy atom. The Bertz CT molecular complexity index is 2880. The summed E-state index contributed by atoms with van der Waals surface area (Å²) in [5.74, 6) is 0.0428. The fourth-order valence-electron chi connectivity index (χ4n) is 7.74. The standard InChI is InChI=1S/C31H33N2.C17H14N4O6S/c1-30(2)24-16-12-13-17-26(24)32(5)27(30)18-8-7-9-19-28-31(3,4)25-21-20-22-14-10-11-15-23(22)29(25)33(28)6;1-4-5-25-16-8-13(15(11-19)21-3)17(9-12(16)14(10-18)20-2)26-6-7-27-28(22,23)24/h7-21H,1-6H3;8-9H,4-7H2,1H3,(H,22,23,24)/q+1;/p-1/b;14-12-,15-13+. The lowest BCUT2D eigenvalue weighted by Crippen LogP contribution is -2.26. The number of anilines is 1. The van der Waals surface area contributed by atoms with Gasteiger partial charge in [-0.05, 0) is 61.6 Å². The highest BCUT2D eigenvalue weighted by Crippen LogP contribution is 2.47. The Kier molecular flexibility index (Phi) is 14.0. The minimum absolute atomic E-state index is 0.00447. The molecule has 6 rings (SSSR count). The van der Waals surface area contributed by atoms with Crippen LogP contribution in [0.2, 0.25) is 0 Å². The minimum atomic E-state index is -4.90. The monoisotopic (exact) mass is 834 g/mol. The van der Waals surface area contributed by atoms with E-state index in [1.165, 1.54) is 56.8 Å². The molecule has 0 atom stereocenters. The van der Waals surface area contributed by atoms with E-state index in [9.17, 15) is 23.5 Å². The summed E-state index contributed by atoms with van der Waals surface area (Å²) < 4.78 is 48.7. The third kappa shape index (κ3) is 9.57. The number of benzene rings is 4. The fraction of sp³-hybridized carbons (Fsp3) is 0.271. The second kappa shape index (κ2) is 18.9. The molecule has 12 nitrogen and oxygen atoms in total. The van der Waals surface area contributed by atoms with Gasteiger partial charge in [-0.25, -0.2) is 28.6 Å². The first-order valence-electron chi connectivity index (χ1n) is 19.4. The van der Waals surface area contributed by atoms with E-state index in [2.05, 4.69) is 156 Å². The van der Waals surface area contributed by atoms with Gasteiger partial charge in [0.1, 0.15) is 25.2 Å². The van der Waals surface area contributed by atoms with Crippen LogP contribution < -0.4 is 24.8 Å². The molecule has 2 aliphatic heterocycles. The fourth-order valence-corrected chi connectivity index (χ4v) is 8.01. The van der Waals surface area contributed by atoms with Gasteiger partial charge in [0.2, 0.25) is 16.1 Å². The molecule has 0 radical (unpaired) electrons. The number of hydrogen-bond donors (Lipinski definition) is 0. The maximum atomic E-state index is 10.5. The van der Waals surface area contributed by atoms with Crippen molar-refractivity contribution in [3.63, 3.8) is 0 Å². The van der Waals surface area contributed by atoms with Gasteiger partial charge in [-0.2, -0.15) is 4.58 Å². The second-order valence-corrected chi connectivity index (χ2v) is 16.2. The zero-order valence-corrected chi connectivity index (χ0v) is 36.0. The molecule has 310 valence electrons. The van der Waals surface area contributed by atoms with Gasteiger partial charge in [0, 0.05) is 45.9 Å². The van der Waals surface area contributed by atoms with Gasteiger partial charge in [0.15, 0.2) is 5.71 Å². The average Bonchev–Trinajstić information content (AvgIpc) is 3.56. The number of nitriles is 2. The van der Waals surface area contributed by atoms with Gasteiger partial charge in [-0.3, -0.25) is 4.18 Å². The largest absolute Gasteiger partial charge is 0.726 e. The normalized spacial score (nSPS) is 16.5. The van der Waals surface area contributed by atoms with Crippen LogP contribution in [-0.2, 0) is 25.4 Å². The lowest BCUT2D eigenvalue weighted by atomic mass is 9.80. The van der Waals surface area contributed by atoms with Gasteiger partial charge in [0.05, 0.1) is 49.3 Å². The predicted octanol–water partition coefficient (Wildman–Crippen LogP) is 7.70. The maximum absolute atomic E-state index is 10.5. The number of para-hydroxylation sites is 1. The van der Waals surface area contributed by atoms with Crippen molar-refractivity contribution in [3.8, 4) is 23.6 Å². The van der Waals surface area contributed by atoms with Crippen LogP contribution in [0, 0.1) is 35.8 Å². The minimum Gasteiger partial charge on any atom is -0.726 e. The molecule has 0 fully saturated rings. The van der Waals surface area contributed by atoms with Crippen molar-refractivity contribution in [2.75, 3.05) is 38.8 Å². The number of likely N-dealkylation sites (N-methyl/N-ethyl adjacent to an activating group) is 1. The molecule has 0 bridgehead atoms. The lowest BCUT2D eigenvalue weighted by Gasteiger charge is -2.23. The van der Waals surface area contributed by atoms with Crippen LogP contribution in [-0.4, -0.2) is 57.2 Å². The highest BCUT2D eigenvalue weighted by molar-refractivity contribution is 7.80. The molecule has 4 aromatic rings. The molecule has 0 N–H and O–H groups in total. The van der Waals surface area contributed by atoms with Crippen LogP contribution in [0.25, 0.3) is 31.9 Å². The van der Waals surface area contributed by atoms with Crippen molar-refractivity contribution < 1.29 is 31.2 Å². The smallest absolute Gasteiger partial charge is 0.272 e. The number of ether oxygens (including phenoxy) is 2. The molecule has 0 amide bonds. The van der Waals surface area contributed by atoms with Crippen molar-refractivity contribution in [3.05, 3.63) is 153 Å². The topological polar surface area (TPSA) is 147 Å². The molecule has 2 heterocycles. The van der Waals surface area contributed by atoms with E-state index < -0.39 is 23.6 Å². The van der Waals surface area contributed by atoms with E-state index in [-0.39, 0.29) is 50.8 Å². The van der Waals surface area contributed by atoms with Crippen LogP contribution in [0.1, 0.15) is 52.2 Å². The van der Waals surface area contributed by atoms with Crippen LogP contribution >= 0.6 is 0 Å². The summed E-state index contributed by atoms with van der Waals surface area (Å²) in [5, 5.41) is 21.1. The van der Waals surface area contributed by atoms with Gasteiger partial charge in [-0.15, -0.1) is 0 Å². The quantitative estimate of drug-likeness (QED) is 0.0370. The molecule has 61 heavy (non-hydrogen) atoms. The first-order chi connectivity index (χ1) is 29.0. The number of allylic oxidation sites excluding steroid dienone is 6. The molecule has 13 heteroatoms. The highest BCUT2D eigenvalue weighted by Gasteiger charge is 2.43. The number of fused-ring (bicyclic) bond motifs is 4. The predicted molar refractivity (Wildman–Crippen MR) is 236 cm³/mol. The molecular formula is C48H46N6O6S. The Morgan fingerprint density at radius 2 is 1.44 bits per heavy atom. The Labute approximate surface area is 357 Å². The van der Waals surface area contributed by atoms with E-state index >= 15 is 0 Å². The molecule has 0 aromatic heterocycles. The third-order valence-electron chi connectivity index (χ3n) is 10.6. The first-order valence-corrected chi connectivity index (χ1v) is 20.7. The van der Waals surface area contributed by atoms with Crippen molar-refractivity contribution in [1.82, 2.24) is 0 Å². The molecular weight excluding hydrogens is 789 g/mol.